The van der Waals surface area contributed by atoms with Crippen molar-refractivity contribution in [3.63, 3.8) is 0 Å². The van der Waals surface area contributed by atoms with Crippen molar-refractivity contribution in [1.82, 2.24) is 5.32 Å². The van der Waals surface area contributed by atoms with Gasteiger partial charge < -0.3 is 5.32 Å². The van der Waals surface area contributed by atoms with E-state index in [-0.39, 0.29) is 11.9 Å². The Kier molecular flexibility index (Phi) is 7.02. The number of carbonyl (C=O) groups is 1. The lowest BCUT2D eigenvalue weighted by Crippen LogP contribution is -2.48. The largest absolute Gasteiger partial charge is 0.347 e. The standard InChI is InChI=1S/C21H28N2O3S/c1-16(2)15-20(18-11-7-5-8-12-18)22-21(24)17(3)23(27(4,25)26)19-13-9-6-10-14-19/h5-14,16-17,20H,15H2,1-4H3,(H,22,24)/t17-,20+/m0/s1. The molecule has 0 radical (unpaired) electrons. The van der Waals surface area contributed by atoms with Crippen molar-refractivity contribution in [3.05, 3.63) is 66.2 Å². The number of carbonyl (C=O) groups excluding carboxylic acids is 1. The monoisotopic (exact) mass is 388 g/mol. The highest BCUT2D eigenvalue weighted by atomic mass is 32.2. The maximum atomic E-state index is 13.0. The van der Waals surface area contributed by atoms with Gasteiger partial charge in [0.15, 0.2) is 0 Å². The average Bonchev–Trinajstić information content (AvgIpc) is 2.61. The molecule has 1 amide bonds. The van der Waals surface area contributed by atoms with E-state index in [0.717, 1.165) is 18.2 Å². The van der Waals surface area contributed by atoms with Gasteiger partial charge in [-0.2, -0.15) is 0 Å². The molecule has 0 aliphatic heterocycles. The van der Waals surface area contributed by atoms with Crippen molar-refractivity contribution < 1.29 is 13.2 Å². The SMILES string of the molecule is CC(C)C[C@@H](NC(=O)[C@H](C)N(c1ccccc1)S(C)(=O)=O)c1ccccc1. The Bertz CT molecular complexity index is 836. The number of hydrogen-bond donors (Lipinski definition) is 1. The minimum absolute atomic E-state index is 0.168. The number of para-hydroxylation sites is 1. The molecule has 2 atom stereocenters. The molecule has 27 heavy (non-hydrogen) atoms. The van der Waals surface area contributed by atoms with E-state index in [1.54, 1.807) is 31.2 Å². The van der Waals surface area contributed by atoms with Gasteiger partial charge in [-0.3, -0.25) is 9.10 Å². The Balaban J connectivity index is 2.27. The molecule has 0 unspecified atom stereocenters. The Morgan fingerprint density at radius 1 is 0.963 bits per heavy atom. The van der Waals surface area contributed by atoms with Gasteiger partial charge in [-0.05, 0) is 37.0 Å². The Labute approximate surface area is 162 Å². The van der Waals surface area contributed by atoms with Crippen LogP contribution in [0.2, 0.25) is 0 Å². The zero-order valence-electron chi connectivity index (χ0n) is 16.3. The first kappa shape index (κ1) is 21.0. The van der Waals surface area contributed by atoms with Crippen LogP contribution in [0.4, 0.5) is 5.69 Å². The van der Waals surface area contributed by atoms with Gasteiger partial charge in [-0.15, -0.1) is 0 Å². The topological polar surface area (TPSA) is 66.5 Å². The molecule has 146 valence electrons. The summed E-state index contributed by atoms with van der Waals surface area (Å²) in [5.41, 5.74) is 1.49. The lowest BCUT2D eigenvalue weighted by molar-refractivity contribution is -0.122. The third-order valence-electron chi connectivity index (χ3n) is 4.32. The molecule has 0 saturated heterocycles. The van der Waals surface area contributed by atoms with Gasteiger partial charge in [0.25, 0.3) is 0 Å². The summed E-state index contributed by atoms with van der Waals surface area (Å²) in [5.74, 6) is 0.0599. The number of sulfonamides is 1. The van der Waals surface area contributed by atoms with Crippen LogP contribution in [0.1, 0.15) is 38.8 Å². The van der Waals surface area contributed by atoms with E-state index in [2.05, 4.69) is 19.2 Å². The molecular formula is C21H28N2O3S. The molecule has 2 aromatic rings. The predicted octanol–water partition coefficient (Wildman–Crippen LogP) is 3.74. The summed E-state index contributed by atoms with van der Waals surface area (Å²) in [6, 6.07) is 17.4. The normalized spacial score (nSPS) is 13.8. The molecule has 0 bridgehead atoms. The second-order valence-electron chi connectivity index (χ2n) is 7.17. The van der Waals surface area contributed by atoms with Gasteiger partial charge >= 0.3 is 0 Å². The number of hydrogen-bond acceptors (Lipinski definition) is 3. The Morgan fingerprint density at radius 2 is 1.48 bits per heavy atom. The molecule has 0 aliphatic carbocycles. The highest BCUT2D eigenvalue weighted by Gasteiger charge is 2.30. The summed E-state index contributed by atoms with van der Waals surface area (Å²) in [7, 11) is -3.61. The lowest BCUT2D eigenvalue weighted by atomic mass is 9.96. The van der Waals surface area contributed by atoms with Crippen LogP contribution in [0, 0.1) is 5.92 Å². The molecule has 0 aliphatic rings. The van der Waals surface area contributed by atoms with Gasteiger partial charge in [-0.25, -0.2) is 8.42 Å². The van der Waals surface area contributed by atoms with Crippen LogP contribution < -0.4 is 9.62 Å². The summed E-state index contributed by atoms with van der Waals surface area (Å²) < 4.78 is 25.9. The van der Waals surface area contributed by atoms with Crippen molar-refractivity contribution in [1.29, 1.82) is 0 Å². The minimum Gasteiger partial charge on any atom is -0.347 e. The average molecular weight is 389 g/mol. The Hall–Kier alpha value is -2.34. The molecule has 0 saturated carbocycles. The summed E-state index contributed by atoms with van der Waals surface area (Å²) >= 11 is 0. The molecule has 2 rings (SSSR count). The van der Waals surface area contributed by atoms with E-state index in [1.807, 2.05) is 36.4 Å². The minimum atomic E-state index is -3.61. The molecule has 0 fully saturated rings. The van der Waals surface area contributed by atoms with Crippen LogP contribution in [0.3, 0.4) is 0 Å². The molecule has 0 heterocycles. The zero-order valence-corrected chi connectivity index (χ0v) is 17.1. The van der Waals surface area contributed by atoms with Crippen molar-refractivity contribution in [2.24, 2.45) is 5.92 Å². The van der Waals surface area contributed by atoms with Crippen molar-refractivity contribution in [2.45, 2.75) is 39.3 Å². The van der Waals surface area contributed by atoms with E-state index in [9.17, 15) is 13.2 Å². The van der Waals surface area contributed by atoms with Gasteiger partial charge in [0.2, 0.25) is 15.9 Å². The smallest absolute Gasteiger partial charge is 0.244 e. The molecule has 2 aromatic carbocycles. The fourth-order valence-corrected chi connectivity index (χ4v) is 4.29. The summed E-state index contributed by atoms with van der Waals surface area (Å²) in [6.45, 7) is 5.80. The maximum absolute atomic E-state index is 13.0. The molecule has 1 N–H and O–H groups in total. The molecular weight excluding hydrogens is 360 g/mol. The summed E-state index contributed by atoms with van der Waals surface area (Å²) in [5, 5.41) is 3.04. The van der Waals surface area contributed by atoms with Crippen molar-refractivity contribution in [3.8, 4) is 0 Å². The third-order valence-corrected chi connectivity index (χ3v) is 5.57. The van der Waals surface area contributed by atoms with E-state index >= 15 is 0 Å². The first-order chi connectivity index (χ1) is 12.7. The van der Waals surface area contributed by atoms with E-state index in [4.69, 9.17) is 0 Å². The summed E-state index contributed by atoms with van der Waals surface area (Å²) in [6.07, 6.45) is 1.89. The lowest BCUT2D eigenvalue weighted by Gasteiger charge is -2.30. The second kappa shape index (κ2) is 9.04. The van der Waals surface area contributed by atoms with Crippen LogP contribution in [0.15, 0.2) is 60.7 Å². The van der Waals surface area contributed by atoms with Crippen molar-refractivity contribution >= 4 is 21.6 Å². The van der Waals surface area contributed by atoms with E-state index in [1.165, 1.54) is 4.31 Å². The van der Waals surface area contributed by atoms with Crippen LogP contribution in [-0.4, -0.2) is 26.6 Å². The van der Waals surface area contributed by atoms with E-state index in [0.29, 0.717) is 11.6 Å². The predicted molar refractivity (Wildman–Crippen MR) is 110 cm³/mol. The molecule has 0 aromatic heterocycles. The molecule has 5 nitrogen and oxygen atoms in total. The number of anilines is 1. The number of rotatable bonds is 8. The zero-order chi connectivity index (χ0) is 20.0. The number of benzene rings is 2. The van der Waals surface area contributed by atoms with Gasteiger partial charge in [0.05, 0.1) is 18.0 Å². The first-order valence-corrected chi connectivity index (χ1v) is 10.9. The summed E-state index contributed by atoms with van der Waals surface area (Å²) in [4.78, 5) is 13.0. The third kappa shape index (κ3) is 5.82. The van der Waals surface area contributed by atoms with E-state index < -0.39 is 16.1 Å². The van der Waals surface area contributed by atoms with Crippen LogP contribution in [-0.2, 0) is 14.8 Å². The highest BCUT2D eigenvalue weighted by molar-refractivity contribution is 7.92. The van der Waals surface area contributed by atoms with Gasteiger partial charge in [-0.1, -0.05) is 62.4 Å². The number of amides is 1. The van der Waals surface area contributed by atoms with Gasteiger partial charge in [0.1, 0.15) is 6.04 Å². The van der Waals surface area contributed by atoms with Crippen molar-refractivity contribution in [2.75, 3.05) is 10.6 Å². The quantitative estimate of drug-likeness (QED) is 0.749. The fraction of sp³-hybridized carbons (Fsp3) is 0.381. The second-order valence-corrected chi connectivity index (χ2v) is 9.03. The van der Waals surface area contributed by atoms with Crippen LogP contribution in [0.5, 0.6) is 0 Å². The Morgan fingerprint density at radius 3 is 1.96 bits per heavy atom. The van der Waals surface area contributed by atoms with Gasteiger partial charge in [0, 0.05) is 0 Å². The molecule has 0 spiro atoms. The molecule has 6 heteroatoms. The van der Waals surface area contributed by atoms with Crippen LogP contribution >= 0.6 is 0 Å². The maximum Gasteiger partial charge on any atom is 0.244 e. The number of nitrogens with one attached hydrogen (secondary N) is 1. The first-order valence-electron chi connectivity index (χ1n) is 9.10. The number of nitrogens with zero attached hydrogens (tertiary/aromatic N) is 1. The fourth-order valence-electron chi connectivity index (χ4n) is 3.11. The highest BCUT2D eigenvalue weighted by Crippen LogP contribution is 2.24. The van der Waals surface area contributed by atoms with Crippen LogP contribution in [0.25, 0.3) is 0 Å².